The van der Waals surface area contributed by atoms with Crippen LogP contribution in [0.3, 0.4) is 0 Å². The zero-order chi connectivity index (χ0) is 14.4. The van der Waals surface area contributed by atoms with E-state index in [9.17, 15) is 0 Å². The summed E-state index contributed by atoms with van der Waals surface area (Å²) in [6.07, 6.45) is 6.47. The molecule has 0 aliphatic heterocycles. The number of hydrogen-bond donors (Lipinski definition) is 1. The summed E-state index contributed by atoms with van der Waals surface area (Å²) in [5, 5.41) is 3.46. The third-order valence-corrected chi connectivity index (χ3v) is 3.81. The van der Waals surface area contributed by atoms with Gasteiger partial charge in [0.15, 0.2) is 0 Å². The molecule has 0 saturated heterocycles. The molecule has 0 radical (unpaired) electrons. The first-order valence-corrected chi connectivity index (χ1v) is 7.72. The van der Waals surface area contributed by atoms with Crippen LogP contribution in [-0.4, -0.2) is 36.8 Å². The molecule has 1 unspecified atom stereocenters. The number of nitrogens with one attached hydrogen (secondary N) is 1. The summed E-state index contributed by atoms with van der Waals surface area (Å²) >= 11 is 0. The van der Waals surface area contributed by atoms with E-state index in [1.54, 1.807) is 7.11 Å². The predicted molar refractivity (Wildman–Crippen MR) is 80.8 cm³/mol. The predicted octanol–water partition coefficient (Wildman–Crippen LogP) is 2.02. The average molecular weight is 277 g/mol. The van der Waals surface area contributed by atoms with Crippen LogP contribution in [0.2, 0.25) is 0 Å². The van der Waals surface area contributed by atoms with Crippen LogP contribution in [0.1, 0.15) is 37.4 Å². The number of methoxy groups -OCH3 is 1. The Morgan fingerprint density at radius 3 is 3.05 bits per heavy atom. The first kappa shape index (κ1) is 15.4. The van der Waals surface area contributed by atoms with E-state index in [1.165, 1.54) is 17.7 Å². The first-order chi connectivity index (χ1) is 9.69. The maximum atomic E-state index is 5.05. The maximum Gasteiger partial charge on any atom is 0.128 e. The second-order valence-corrected chi connectivity index (χ2v) is 6.16. The highest BCUT2D eigenvalue weighted by molar-refractivity contribution is 5.21. The number of nitrogens with zero attached hydrogens (tertiary/aromatic N) is 2. The van der Waals surface area contributed by atoms with Gasteiger partial charge in [0.2, 0.25) is 0 Å². The van der Waals surface area contributed by atoms with Gasteiger partial charge in [-0.1, -0.05) is 13.8 Å². The quantitative estimate of drug-likeness (QED) is 0.775. The molecule has 1 aromatic heterocycles. The minimum Gasteiger partial charge on any atom is -0.383 e. The lowest BCUT2D eigenvalue weighted by molar-refractivity contribution is 0.197. The maximum absolute atomic E-state index is 5.05. The van der Waals surface area contributed by atoms with Crippen molar-refractivity contribution in [2.45, 2.75) is 39.5 Å². The van der Waals surface area contributed by atoms with Gasteiger partial charge in [0.1, 0.15) is 5.82 Å². The van der Waals surface area contributed by atoms with Crippen molar-refractivity contribution in [2.75, 3.05) is 26.8 Å². The van der Waals surface area contributed by atoms with Crippen LogP contribution >= 0.6 is 0 Å². The number of aromatic nitrogens is 2. The number of ether oxygens (including phenoxy) is 1. The fraction of sp³-hybridized carbons (Fsp3) is 0.750. The number of aryl methyl sites for hydroxylation is 1. The zero-order valence-electron chi connectivity index (χ0n) is 13.0. The van der Waals surface area contributed by atoms with E-state index in [-0.39, 0.29) is 0 Å². The summed E-state index contributed by atoms with van der Waals surface area (Å²) in [6.45, 7) is 7.21. The minimum absolute atomic E-state index is 0.620. The lowest BCUT2D eigenvalue weighted by Crippen LogP contribution is -2.30. The Morgan fingerprint density at radius 1 is 1.45 bits per heavy atom. The van der Waals surface area contributed by atoms with Crippen molar-refractivity contribution in [3.05, 3.63) is 23.3 Å². The average Bonchev–Trinajstić information content (AvgIpc) is 2.43. The Morgan fingerprint density at radius 2 is 2.30 bits per heavy atom. The summed E-state index contributed by atoms with van der Waals surface area (Å²) < 4.78 is 5.05. The molecule has 1 aliphatic carbocycles. The number of fused-ring (bicyclic) bond motifs is 1. The monoisotopic (exact) mass is 277 g/mol. The number of hydrogen-bond acceptors (Lipinski definition) is 4. The third kappa shape index (κ3) is 4.53. The molecule has 0 saturated carbocycles. The molecule has 20 heavy (non-hydrogen) atoms. The molecule has 2 rings (SSSR count). The van der Waals surface area contributed by atoms with E-state index in [0.29, 0.717) is 11.8 Å². The van der Waals surface area contributed by atoms with E-state index < -0.39 is 0 Å². The fourth-order valence-electron chi connectivity index (χ4n) is 2.74. The smallest absolute Gasteiger partial charge is 0.128 e. The van der Waals surface area contributed by atoms with Crippen LogP contribution in [0.5, 0.6) is 0 Å². The van der Waals surface area contributed by atoms with Gasteiger partial charge >= 0.3 is 0 Å². The topological polar surface area (TPSA) is 47.0 Å². The molecule has 1 atom stereocenters. The summed E-state index contributed by atoms with van der Waals surface area (Å²) in [5.74, 6) is 2.34. The van der Waals surface area contributed by atoms with Crippen molar-refractivity contribution in [2.24, 2.45) is 11.8 Å². The molecule has 0 spiro atoms. The van der Waals surface area contributed by atoms with E-state index in [2.05, 4.69) is 30.3 Å². The molecule has 4 nitrogen and oxygen atoms in total. The molecular weight excluding hydrogens is 250 g/mol. The van der Waals surface area contributed by atoms with Gasteiger partial charge in [-0.15, -0.1) is 0 Å². The van der Waals surface area contributed by atoms with E-state index in [0.717, 1.165) is 44.8 Å². The van der Waals surface area contributed by atoms with Gasteiger partial charge in [0.05, 0.1) is 6.61 Å². The summed E-state index contributed by atoms with van der Waals surface area (Å²) in [6, 6.07) is 0. The lowest BCUT2D eigenvalue weighted by Gasteiger charge is -2.24. The molecule has 1 aromatic rings. The van der Waals surface area contributed by atoms with Crippen molar-refractivity contribution in [1.29, 1.82) is 0 Å². The van der Waals surface area contributed by atoms with Crippen molar-refractivity contribution in [1.82, 2.24) is 15.3 Å². The fourth-order valence-corrected chi connectivity index (χ4v) is 2.74. The van der Waals surface area contributed by atoms with Crippen LogP contribution in [0.15, 0.2) is 6.20 Å². The van der Waals surface area contributed by atoms with Crippen LogP contribution in [-0.2, 0) is 24.0 Å². The van der Waals surface area contributed by atoms with Crippen molar-refractivity contribution in [3.63, 3.8) is 0 Å². The van der Waals surface area contributed by atoms with Crippen molar-refractivity contribution in [3.8, 4) is 0 Å². The summed E-state index contributed by atoms with van der Waals surface area (Å²) in [4.78, 5) is 9.27. The molecule has 1 N–H and O–H groups in total. The first-order valence-electron chi connectivity index (χ1n) is 7.72. The van der Waals surface area contributed by atoms with Gasteiger partial charge in [-0.25, -0.2) is 9.97 Å². The number of rotatable bonds is 7. The minimum atomic E-state index is 0.620. The summed E-state index contributed by atoms with van der Waals surface area (Å²) in [5.41, 5.74) is 2.63. The van der Waals surface area contributed by atoms with Gasteiger partial charge in [0, 0.05) is 32.0 Å². The third-order valence-electron chi connectivity index (χ3n) is 3.81. The van der Waals surface area contributed by atoms with Gasteiger partial charge in [-0.05, 0) is 43.2 Å². The molecule has 1 aliphatic rings. The van der Waals surface area contributed by atoms with Gasteiger partial charge in [0.25, 0.3) is 0 Å². The van der Waals surface area contributed by atoms with Crippen LogP contribution in [0.4, 0.5) is 0 Å². The SMILES string of the molecule is COCCNCC1CCc2nc(CC(C)C)ncc2C1. The molecule has 4 heteroatoms. The van der Waals surface area contributed by atoms with Gasteiger partial charge < -0.3 is 10.1 Å². The summed E-state index contributed by atoms with van der Waals surface area (Å²) in [7, 11) is 1.74. The molecule has 0 aromatic carbocycles. The largest absolute Gasteiger partial charge is 0.383 e. The zero-order valence-corrected chi connectivity index (χ0v) is 13.0. The van der Waals surface area contributed by atoms with Gasteiger partial charge in [-0.3, -0.25) is 0 Å². The Balaban J connectivity index is 1.87. The Bertz CT molecular complexity index is 420. The molecule has 0 fully saturated rings. The van der Waals surface area contributed by atoms with E-state index in [4.69, 9.17) is 9.72 Å². The molecule has 1 heterocycles. The molecule has 0 amide bonds. The van der Waals surface area contributed by atoms with Crippen molar-refractivity contribution < 1.29 is 4.74 Å². The Hall–Kier alpha value is -1.00. The van der Waals surface area contributed by atoms with E-state index >= 15 is 0 Å². The Kier molecular flexibility index (Phi) is 5.92. The molecule has 112 valence electrons. The van der Waals surface area contributed by atoms with Crippen LogP contribution in [0, 0.1) is 11.8 Å². The van der Waals surface area contributed by atoms with Crippen LogP contribution in [0.25, 0.3) is 0 Å². The van der Waals surface area contributed by atoms with Gasteiger partial charge in [-0.2, -0.15) is 0 Å². The second-order valence-electron chi connectivity index (χ2n) is 6.16. The normalized spacial score (nSPS) is 18.3. The van der Waals surface area contributed by atoms with Crippen molar-refractivity contribution >= 4 is 0 Å². The lowest BCUT2D eigenvalue weighted by atomic mass is 9.87. The highest BCUT2D eigenvalue weighted by Gasteiger charge is 2.20. The Labute approximate surface area is 122 Å². The second kappa shape index (κ2) is 7.70. The molecular formula is C16H27N3O. The standard InChI is InChI=1S/C16H27N3O/c1-12(2)8-16-18-11-14-9-13(4-5-15(14)19-16)10-17-6-7-20-3/h11-13,17H,4-10H2,1-3H3. The molecule has 0 bridgehead atoms. The highest BCUT2D eigenvalue weighted by Crippen LogP contribution is 2.23. The van der Waals surface area contributed by atoms with E-state index in [1.807, 2.05) is 0 Å². The van der Waals surface area contributed by atoms with Crippen LogP contribution < -0.4 is 5.32 Å². The highest BCUT2D eigenvalue weighted by atomic mass is 16.5.